The molecule has 0 aliphatic carbocycles. The van der Waals surface area contributed by atoms with Crippen LogP contribution in [0.4, 0.5) is 5.69 Å². The number of hydrogen-bond donors (Lipinski definition) is 0. The van der Waals surface area contributed by atoms with Crippen molar-refractivity contribution in [3.8, 4) is 0 Å². The average Bonchev–Trinajstić information content (AvgIpc) is 2.90. The predicted molar refractivity (Wildman–Crippen MR) is 80.5 cm³/mol. The molecule has 0 amide bonds. The first-order valence-electron chi connectivity index (χ1n) is 6.11. The average molecular weight is 253 g/mol. The zero-order valence-electron chi connectivity index (χ0n) is 10.3. The quantitative estimate of drug-likeness (QED) is 0.725. The van der Waals surface area contributed by atoms with E-state index in [0.29, 0.717) is 0 Å². The predicted octanol–water partition coefficient (Wildman–Crippen LogP) is 4.50. The first-order valence-corrected chi connectivity index (χ1v) is 6.88. The van der Waals surface area contributed by atoms with Crippen LogP contribution in [0.5, 0.6) is 0 Å². The maximum atomic E-state index is 2.32. The molecule has 0 saturated carbocycles. The van der Waals surface area contributed by atoms with Gasteiger partial charge in [0.05, 0.1) is 0 Å². The summed E-state index contributed by atoms with van der Waals surface area (Å²) in [5.74, 6) is 0. The van der Waals surface area contributed by atoms with Crippen LogP contribution in [0, 0.1) is 6.92 Å². The molecule has 0 fully saturated rings. The van der Waals surface area contributed by atoms with Gasteiger partial charge in [-0.15, -0.1) is 0 Å². The molecule has 0 unspecified atom stereocenters. The molecule has 1 nitrogen and oxygen atoms in total. The van der Waals surface area contributed by atoms with E-state index in [1.54, 1.807) is 0 Å². The fourth-order valence-corrected chi connectivity index (χ4v) is 3.01. The molecule has 0 N–H and O–H groups in total. The van der Waals surface area contributed by atoms with Crippen LogP contribution in [0.2, 0.25) is 0 Å². The normalized spacial score (nSPS) is 14.7. The van der Waals surface area contributed by atoms with Gasteiger partial charge in [-0.3, -0.25) is 0 Å². The molecule has 1 heterocycles. The summed E-state index contributed by atoms with van der Waals surface area (Å²) in [5, 5.41) is 0. The third kappa shape index (κ3) is 2.29. The van der Waals surface area contributed by atoms with Crippen molar-refractivity contribution in [2.75, 3.05) is 10.8 Å². The van der Waals surface area contributed by atoms with Crippen molar-refractivity contribution in [3.63, 3.8) is 0 Å². The fourth-order valence-electron chi connectivity index (χ4n) is 2.00. The number of rotatable bonds is 2. The SMILES string of the molecule is Cc1ccc(N2CC=C(c3ccccc3)S2)cc1. The largest absolute Gasteiger partial charge is 0.308 e. The Morgan fingerprint density at radius 3 is 2.39 bits per heavy atom. The van der Waals surface area contributed by atoms with Gasteiger partial charge in [-0.25, -0.2) is 0 Å². The van der Waals surface area contributed by atoms with Gasteiger partial charge in [-0.05, 0) is 42.6 Å². The van der Waals surface area contributed by atoms with E-state index in [1.807, 2.05) is 11.9 Å². The highest BCUT2D eigenvalue weighted by molar-refractivity contribution is 8.09. The van der Waals surface area contributed by atoms with Gasteiger partial charge in [0.1, 0.15) is 0 Å². The molecule has 2 aromatic rings. The van der Waals surface area contributed by atoms with Gasteiger partial charge >= 0.3 is 0 Å². The second-order valence-electron chi connectivity index (χ2n) is 4.42. The first-order chi connectivity index (χ1) is 8.83. The Morgan fingerprint density at radius 2 is 1.67 bits per heavy atom. The second kappa shape index (κ2) is 4.91. The van der Waals surface area contributed by atoms with E-state index in [2.05, 4.69) is 71.9 Å². The van der Waals surface area contributed by atoms with Crippen LogP contribution in [-0.2, 0) is 0 Å². The number of benzene rings is 2. The Hall–Kier alpha value is -1.67. The molecule has 0 spiro atoms. The van der Waals surface area contributed by atoms with Crippen molar-refractivity contribution in [1.29, 1.82) is 0 Å². The minimum atomic E-state index is 0.970. The highest BCUT2D eigenvalue weighted by atomic mass is 32.2. The molecule has 1 aliphatic heterocycles. The lowest BCUT2D eigenvalue weighted by Gasteiger charge is -2.17. The molecular formula is C16H15NS. The lowest BCUT2D eigenvalue weighted by atomic mass is 10.2. The van der Waals surface area contributed by atoms with Gasteiger partial charge in [0.25, 0.3) is 0 Å². The van der Waals surface area contributed by atoms with E-state index >= 15 is 0 Å². The molecule has 1 aliphatic rings. The first kappa shape index (κ1) is 11.4. The van der Waals surface area contributed by atoms with E-state index in [9.17, 15) is 0 Å². The number of nitrogens with zero attached hydrogens (tertiary/aromatic N) is 1. The van der Waals surface area contributed by atoms with Gasteiger partial charge < -0.3 is 4.31 Å². The van der Waals surface area contributed by atoms with Crippen LogP contribution in [0.1, 0.15) is 11.1 Å². The number of anilines is 1. The fraction of sp³-hybridized carbons (Fsp3) is 0.125. The molecule has 90 valence electrons. The summed E-state index contributed by atoms with van der Waals surface area (Å²) in [6.07, 6.45) is 2.29. The van der Waals surface area contributed by atoms with E-state index < -0.39 is 0 Å². The summed E-state index contributed by atoms with van der Waals surface area (Å²) in [6.45, 7) is 3.09. The summed E-state index contributed by atoms with van der Waals surface area (Å²) in [4.78, 5) is 1.34. The number of aryl methyl sites for hydroxylation is 1. The summed E-state index contributed by atoms with van der Waals surface area (Å²) >= 11 is 1.82. The molecule has 0 atom stereocenters. The topological polar surface area (TPSA) is 3.24 Å². The van der Waals surface area contributed by atoms with E-state index in [4.69, 9.17) is 0 Å². The molecule has 2 heteroatoms. The Balaban J connectivity index is 1.76. The van der Waals surface area contributed by atoms with Crippen LogP contribution in [0.25, 0.3) is 4.91 Å². The third-order valence-electron chi connectivity index (χ3n) is 3.03. The zero-order chi connectivity index (χ0) is 12.4. The molecule has 0 aromatic heterocycles. The Labute approximate surface area is 112 Å². The van der Waals surface area contributed by atoms with Gasteiger partial charge in [-0.2, -0.15) is 0 Å². The molecule has 2 aromatic carbocycles. The summed E-state index contributed by atoms with van der Waals surface area (Å²) < 4.78 is 2.32. The minimum Gasteiger partial charge on any atom is -0.308 e. The van der Waals surface area contributed by atoms with Crippen LogP contribution in [0.3, 0.4) is 0 Å². The second-order valence-corrected chi connectivity index (χ2v) is 5.49. The monoisotopic (exact) mass is 253 g/mol. The molecule has 0 radical (unpaired) electrons. The van der Waals surface area contributed by atoms with Crippen LogP contribution >= 0.6 is 11.9 Å². The van der Waals surface area contributed by atoms with E-state index in [1.165, 1.54) is 21.7 Å². The number of hydrogen-bond acceptors (Lipinski definition) is 2. The van der Waals surface area contributed by atoms with Gasteiger partial charge in [0.15, 0.2) is 0 Å². The summed E-state index contributed by atoms with van der Waals surface area (Å²) in [5.41, 5.74) is 3.88. The van der Waals surface area contributed by atoms with Crippen LogP contribution < -0.4 is 4.31 Å². The zero-order valence-corrected chi connectivity index (χ0v) is 11.2. The van der Waals surface area contributed by atoms with Crippen molar-refractivity contribution >= 4 is 22.5 Å². The summed E-state index contributed by atoms with van der Waals surface area (Å²) in [6, 6.07) is 19.3. The van der Waals surface area contributed by atoms with Crippen molar-refractivity contribution < 1.29 is 0 Å². The van der Waals surface area contributed by atoms with Crippen molar-refractivity contribution in [2.24, 2.45) is 0 Å². The maximum Gasteiger partial charge on any atom is 0.0494 e. The standard InChI is InChI=1S/C16H15NS/c1-13-7-9-15(10-8-13)17-12-11-16(18-17)14-5-3-2-4-6-14/h2-11H,12H2,1H3. The Morgan fingerprint density at radius 1 is 0.944 bits per heavy atom. The molecule has 0 saturated heterocycles. The summed E-state index contributed by atoms with van der Waals surface area (Å²) in [7, 11) is 0. The van der Waals surface area contributed by atoms with Crippen molar-refractivity contribution in [3.05, 3.63) is 71.8 Å². The van der Waals surface area contributed by atoms with Gasteiger partial charge in [-0.1, -0.05) is 48.0 Å². The molecule has 3 rings (SSSR count). The lowest BCUT2D eigenvalue weighted by Crippen LogP contribution is -2.08. The van der Waals surface area contributed by atoms with Crippen LogP contribution in [-0.4, -0.2) is 6.54 Å². The highest BCUT2D eigenvalue weighted by Gasteiger charge is 2.16. The van der Waals surface area contributed by atoms with Gasteiger partial charge in [0, 0.05) is 17.1 Å². The Kier molecular flexibility index (Phi) is 3.11. The lowest BCUT2D eigenvalue weighted by molar-refractivity contribution is 1.23. The Bertz CT molecular complexity index is 557. The maximum absolute atomic E-state index is 2.32. The molecule has 18 heavy (non-hydrogen) atoms. The molecular weight excluding hydrogens is 238 g/mol. The minimum absolute atomic E-state index is 0.970. The van der Waals surface area contributed by atoms with E-state index in [-0.39, 0.29) is 0 Å². The third-order valence-corrected chi connectivity index (χ3v) is 4.21. The van der Waals surface area contributed by atoms with E-state index in [0.717, 1.165) is 6.54 Å². The van der Waals surface area contributed by atoms with Gasteiger partial charge in [0.2, 0.25) is 0 Å². The van der Waals surface area contributed by atoms with Crippen molar-refractivity contribution in [2.45, 2.75) is 6.92 Å². The molecule has 0 bridgehead atoms. The van der Waals surface area contributed by atoms with Crippen LogP contribution in [0.15, 0.2) is 60.7 Å². The van der Waals surface area contributed by atoms with Crippen molar-refractivity contribution in [1.82, 2.24) is 0 Å². The highest BCUT2D eigenvalue weighted by Crippen LogP contribution is 2.38. The smallest absolute Gasteiger partial charge is 0.0494 e.